The summed E-state index contributed by atoms with van der Waals surface area (Å²) in [6.45, 7) is 2.06. The molecule has 0 radical (unpaired) electrons. The monoisotopic (exact) mass is 284 g/mol. The van der Waals surface area contributed by atoms with E-state index >= 15 is 0 Å². The van der Waals surface area contributed by atoms with Crippen molar-refractivity contribution in [3.63, 3.8) is 0 Å². The molecule has 0 saturated carbocycles. The lowest BCUT2D eigenvalue weighted by molar-refractivity contribution is 0.391. The van der Waals surface area contributed by atoms with E-state index in [-0.39, 0.29) is 5.88 Å². The fraction of sp³-hybridized carbons (Fsp3) is 0.125. The third kappa shape index (κ3) is 2.32. The van der Waals surface area contributed by atoms with Crippen LogP contribution in [0.15, 0.2) is 53.1 Å². The minimum Gasteiger partial charge on any atom is -0.338 e. The van der Waals surface area contributed by atoms with Crippen molar-refractivity contribution in [1.82, 2.24) is 10.1 Å². The Hall–Kier alpha value is -2.13. The number of hydrogen-bond acceptors (Lipinski definition) is 3. The van der Waals surface area contributed by atoms with Gasteiger partial charge in [-0.25, -0.2) is 0 Å². The lowest BCUT2D eigenvalue weighted by Gasteiger charge is -2.09. The Bertz CT molecular complexity index is 722. The number of halogens is 1. The summed E-state index contributed by atoms with van der Waals surface area (Å²) >= 11 is 5.70. The van der Waals surface area contributed by atoms with Crippen LogP contribution in [-0.4, -0.2) is 10.1 Å². The Morgan fingerprint density at radius 3 is 2.45 bits per heavy atom. The van der Waals surface area contributed by atoms with Gasteiger partial charge in [-0.3, -0.25) is 0 Å². The zero-order valence-corrected chi connectivity index (χ0v) is 11.8. The summed E-state index contributed by atoms with van der Waals surface area (Å²) in [6, 6.07) is 16.3. The first-order valence-electron chi connectivity index (χ1n) is 6.33. The summed E-state index contributed by atoms with van der Waals surface area (Å²) in [5.74, 6) is 1.24. The van der Waals surface area contributed by atoms with Crippen LogP contribution < -0.4 is 0 Å². The molecule has 0 unspecified atom stereocenters. The van der Waals surface area contributed by atoms with Crippen LogP contribution in [0, 0.1) is 6.92 Å². The molecule has 1 aromatic heterocycles. The Morgan fingerprint density at radius 2 is 1.75 bits per heavy atom. The highest BCUT2D eigenvalue weighted by atomic mass is 35.5. The van der Waals surface area contributed by atoms with Crippen molar-refractivity contribution in [1.29, 1.82) is 0 Å². The van der Waals surface area contributed by atoms with Crippen LogP contribution in [0.4, 0.5) is 0 Å². The van der Waals surface area contributed by atoms with Crippen molar-refractivity contribution < 1.29 is 4.52 Å². The van der Waals surface area contributed by atoms with Crippen molar-refractivity contribution in [3.8, 4) is 22.5 Å². The summed E-state index contributed by atoms with van der Waals surface area (Å²) in [7, 11) is 0. The Balaban J connectivity index is 2.10. The topological polar surface area (TPSA) is 38.9 Å². The average Bonchev–Trinajstić information content (AvgIpc) is 2.97. The maximum atomic E-state index is 5.70. The second-order valence-corrected chi connectivity index (χ2v) is 4.76. The maximum absolute atomic E-state index is 5.70. The quantitative estimate of drug-likeness (QED) is 0.667. The van der Waals surface area contributed by atoms with Crippen LogP contribution in [0.25, 0.3) is 22.5 Å². The van der Waals surface area contributed by atoms with Crippen molar-refractivity contribution in [3.05, 3.63) is 60.0 Å². The van der Waals surface area contributed by atoms with Gasteiger partial charge in [0.25, 0.3) is 0 Å². The number of aromatic nitrogens is 2. The van der Waals surface area contributed by atoms with Crippen molar-refractivity contribution in [2.75, 3.05) is 0 Å². The van der Waals surface area contributed by atoms with Gasteiger partial charge in [0.2, 0.25) is 11.7 Å². The van der Waals surface area contributed by atoms with Gasteiger partial charge in [0.15, 0.2) is 0 Å². The highest BCUT2D eigenvalue weighted by molar-refractivity contribution is 6.16. The van der Waals surface area contributed by atoms with Crippen LogP contribution in [0.3, 0.4) is 0 Å². The zero-order chi connectivity index (χ0) is 13.9. The summed E-state index contributed by atoms with van der Waals surface area (Å²) in [6.07, 6.45) is 0. The Morgan fingerprint density at radius 1 is 1.00 bits per heavy atom. The van der Waals surface area contributed by atoms with E-state index in [4.69, 9.17) is 16.1 Å². The Labute approximate surface area is 122 Å². The number of rotatable bonds is 3. The number of hydrogen-bond donors (Lipinski definition) is 0. The van der Waals surface area contributed by atoms with Gasteiger partial charge in [0.1, 0.15) is 5.88 Å². The molecule has 3 aromatic rings. The predicted molar refractivity (Wildman–Crippen MR) is 79.5 cm³/mol. The molecule has 0 atom stereocenters. The molecule has 0 fully saturated rings. The molecule has 4 heteroatoms. The first-order chi connectivity index (χ1) is 9.79. The lowest BCUT2D eigenvalue weighted by Crippen LogP contribution is -1.90. The van der Waals surface area contributed by atoms with Gasteiger partial charge < -0.3 is 4.52 Å². The maximum Gasteiger partial charge on any atom is 0.241 e. The minimum absolute atomic E-state index is 0.227. The molecule has 0 aliphatic carbocycles. The van der Waals surface area contributed by atoms with Crippen molar-refractivity contribution >= 4 is 11.6 Å². The molecule has 0 amide bonds. The molecule has 2 aromatic carbocycles. The van der Waals surface area contributed by atoms with Crippen LogP contribution in [-0.2, 0) is 5.88 Å². The smallest absolute Gasteiger partial charge is 0.241 e. The third-order valence-electron chi connectivity index (χ3n) is 3.24. The van der Waals surface area contributed by atoms with E-state index in [1.54, 1.807) is 0 Å². The molecular weight excluding hydrogens is 272 g/mol. The first kappa shape index (κ1) is 12.9. The van der Waals surface area contributed by atoms with E-state index in [1.165, 1.54) is 11.1 Å². The summed E-state index contributed by atoms with van der Waals surface area (Å²) in [5, 5.41) is 3.98. The van der Waals surface area contributed by atoms with Crippen LogP contribution in [0.5, 0.6) is 0 Å². The number of benzene rings is 2. The van der Waals surface area contributed by atoms with Crippen LogP contribution in [0.1, 0.15) is 11.5 Å². The van der Waals surface area contributed by atoms with E-state index in [9.17, 15) is 0 Å². The van der Waals surface area contributed by atoms with Gasteiger partial charge in [0, 0.05) is 5.56 Å². The number of alkyl halides is 1. The van der Waals surface area contributed by atoms with Crippen molar-refractivity contribution in [2.24, 2.45) is 0 Å². The second-order valence-electron chi connectivity index (χ2n) is 4.49. The molecule has 100 valence electrons. The average molecular weight is 285 g/mol. The SMILES string of the molecule is Cc1c(-c2ccccc2)cccc1-c1noc(CCl)n1. The minimum atomic E-state index is 0.227. The van der Waals surface area contributed by atoms with E-state index in [2.05, 4.69) is 35.3 Å². The highest BCUT2D eigenvalue weighted by Crippen LogP contribution is 2.30. The zero-order valence-electron chi connectivity index (χ0n) is 11.0. The molecular formula is C16H13ClN2O. The largest absolute Gasteiger partial charge is 0.338 e. The molecule has 0 saturated heterocycles. The molecule has 0 spiro atoms. The molecule has 0 aliphatic rings. The van der Waals surface area contributed by atoms with E-state index in [0.717, 1.165) is 11.1 Å². The molecule has 3 nitrogen and oxygen atoms in total. The lowest BCUT2D eigenvalue weighted by atomic mass is 9.96. The van der Waals surface area contributed by atoms with Crippen LogP contribution >= 0.6 is 11.6 Å². The van der Waals surface area contributed by atoms with Crippen molar-refractivity contribution in [2.45, 2.75) is 12.8 Å². The van der Waals surface area contributed by atoms with Gasteiger partial charge >= 0.3 is 0 Å². The highest BCUT2D eigenvalue weighted by Gasteiger charge is 2.13. The fourth-order valence-electron chi connectivity index (χ4n) is 2.23. The van der Waals surface area contributed by atoms with Gasteiger partial charge in [-0.15, -0.1) is 11.6 Å². The molecule has 1 heterocycles. The van der Waals surface area contributed by atoms with Gasteiger partial charge in [-0.05, 0) is 23.6 Å². The Kier molecular flexibility index (Phi) is 3.52. The van der Waals surface area contributed by atoms with E-state index < -0.39 is 0 Å². The summed E-state index contributed by atoms with van der Waals surface area (Å²) in [4.78, 5) is 4.28. The van der Waals surface area contributed by atoms with Gasteiger partial charge in [0.05, 0.1) is 0 Å². The van der Waals surface area contributed by atoms with Gasteiger partial charge in [-0.2, -0.15) is 4.98 Å². The summed E-state index contributed by atoms with van der Waals surface area (Å²) < 4.78 is 5.08. The molecule has 0 bridgehead atoms. The summed E-state index contributed by atoms with van der Waals surface area (Å²) in [5.41, 5.74) is 4.43. The fourth-order valence-corrected chi connectivity index (χ4v) is 2.34. The van der Waals surface area contributed by atoms with Crippen LogP contribution in [0.2, 0.25) is 0 Å². The molecule has 20 heavy (non-hydrogen) atoms. The first-order valence-corrected chi connectivity index (χ1v) is 6.87. The molecule has 3 rings (SSSR count). The third-order valence-corrected chi connectivity index (χ3v) is 3.47. The van der Waals surface area contributed by atoms with Gasteiger partial charge in [-0.1, -0.05) is 53.7 Å². The standard InChI is InChI=1S/C16H13ClN2O/c1-11-13(12-6-3-2-4-7-12)8-5-9-14(11)16-18-15(10-17)20-19-16/h2-9H,10H2,1H3. The normalized spacial score (nSPS) is 10.7. The predicted octanol–water partition coefficient (Wildman–Crippen LogP) is 4.45. The van der Waals surface area contributed by atoms with E-state index in [1.807, 2.05) is 30.3 Å². The molecule has 0 aliphatic heterocycles. The number of nitrogens with zero attached hydrogens (tertiary/aromatic N) is 2. The second kappa shape index (κ2) is 5.47. The van der Waals surface area contributed by atoms with E-state index in [0.29, 0.717) is 11.7 Å². The molecule has 0 N–H and O–H groups in total.